The summed E-state index contributed by atoms with van der Waals surface area (Å²) in [6, 6.07) is 9.34. The fourth-order valence-electron chi connectivity index (χ4n) is 1.90. The van der Waals surface area contributed by atoms with Crippen molar-refractivity contribution >= 4 is 68.7 Å². The summed E-state index contributed by atoms with van der Waals surface area (Å²) in [5.74, 6) is -0.508. The van der Waals surface area contributed by atoms with Gasteiger partial charge in [-0.3, -0.25) is 14.9 Å². The number of amides is 1. The van der Waals surface area contributed by atoms with Crippen LogP contribution in [0, 0.1) is 17.3 Å². The third-order valence-electron chi connectivity index (χ3n) is 3.01. The van der Waals surface area contributed by atoms with Gasteiger partial charge < -0.3 is 5.32 Å². The van der Waals surface area contributed by atoms with Crippen molar-refractivity contribution in [3.63, 3.8) is 0 Å². The van der Waals surface area contributed by atoms with Crippen LogP contribution in [0.5, 0.6) is 0 Å². The van der Waals surface area contributed by atoms with Gasteiger partial charge >= 0.3 is 0 Å². The zero-order chi connectivity index (χ0) is 17.7. The predicted octanol–water partition coefficient (Wildman–Crippen LogP) is 3.61. The van der Waals surface area contributed by atoms with Crippen LogP contribution in [0.15, 0.2) is 41.5 Å². The molecule has 1 amide bonds. The molecule has 0 unspecified atom stereocenters. The van der Waals surface area contributed by atoms with Crippen molar-refractivity contribution in [2.75, 3.05) is 12.4 Å². The highest BCUT2D eigenvalue weighted by molar-refractivity contribution is 14.1. The van der Waals surface area contributed by atoms with Crippen LogP contribution in [0.3, 0.4) is 0 Å². The molecule has 2 rings (SSSR count). The predicted molar refractivity (Wildman–Crippen MR) is 110 cm³/mol. The molecular formula is C15H12I2N4O3. The highest BCUT2D eigenvalue weighted by Crippen LogP contribution is 2.25. The van der Waals surface area contributed by atoms with Crippen LogP contribution in [-0.2, 0) is 0 Å². The van der Waals surface area contributed by atoms with Crippen molar-refractivity contribution in [2.45, 2.75) is 0 Å². The number of hydrazone groups is 1. The quantitative estimate of drug-likeness (QED) is 0.258. The number of carbonyl (C=O) groups excluding carboxylic acids is 1. The van der Waals surface area contributed by atoms with E-state index in [1.54, 1.807) is 0 Å². The molecule has 7 nitrogen and oxygen atoms in total. The van der Waals surface area contributed by atoms with Crippen molar-refractivity contribution in [1.29, 1.82) is 0 Å². The van der Waals surface area contributed by atoms with E-state index in [1.807, 2.05) is 19.2 Å². The van der Waals surface area contributed by atoms with Gasteiger partial charge in [0.1, 0.15) is 0 Å². The van der Waals surface area contributed by atoms with Crippen LogP contribution in [0.1, 0.15) is 15.9 Å². The third-order valence-corrected chi connectivity index (χ3v) is 4.71. The number of benzene rings is 2. The first kappa shape index (κ1) is 18.6. The molecule has 2 aromatic rings. The topological polar surface area (TPSA) is 96.6 Å². The Balaban J connectivity index is 2.10. The van der Waals surface area contributed by atoms with Crippen molar-refractivity contribution < 1.29 is 9.72 Å². The minimum absolute atomic E-state index is 0.140. The van der Waals surface area contributed by atoms with E-state index in [4.69, 9.17) is 0 Å². The summed E-state index contributed by atoms with van der Waals surface area (Å²) >= 11 is 4.43. The van der Waals surface area contributed by atoms with Crippen molar-refractivity contribution in [2.24, 2.45) is 5.10 Å². The maximum Gasteiger partial charge on any atom is 0.271 e. The first-order chi connectivity index (χ1) is 11.4. The van der Waals surface area contributed by atoms with E-state index < -0.39 is 10.8 Å². The molecule has 124 valence electrons. The summed E-state index contributed by atoms with van der Waals surface area (Å²) in [6.45, 7) is 0. The second kappa shape index (κ2) is 8.37. The van der Waals surface area contributed by atoms with Crippen LogP contribution in [-0.4, -0.2) is 24.1 Å². The number of halogens is 2. The molecule has 9 heteroatoms. The Labute approximate surface area is 165 Å². The van der Waals surface area contributed by atoms with Crippen molar-refractivity contribution in [3.05, 3.63) is 64.8 Å². The van der Waals surface area contributed by atoms with Gasteiger partial charge in [-0.05, 0) is 68.9 Å². The largest absolute Gasteiger partial charge is 0.386 e. The Hall–Kier alpha value is -1.76. The molecule has 0 heterocycles. The smallest absolute Gasteiger partial charge is 0.271 e. The van der Waals surface area contributed by atoms with E-state index in [0.29, 0.717) is 0 Å². The number of rotatable bonds is 5. The molecule has 0 spiro atoms. The molecule has 0 aliphatic rings. The summed E-state index contributed by atoms with van der Waals surface area (Å²) < 4.78 is 2.07. The Morgan fingerprint density at radius 1 is 1.25 bits per heavy atom. The summed E-state index contributed by atoms with van der Waals surface area (Å²) in [4.78, 5) is 22.2. The van der Waals surface area contributed by atoms with E-state index in [9.17, 15) is 14.9 Å². The second-order valence-electron chi connectivity index (χ2n) is 4.62. The van der Waals surface area contributed by atoms with Crippen molar-refractivity contribution in [3.8, 4) is 0 Å². The van der Waals surface area contributed by atoms with Gasteiger partial charge in [0.15, 0.2) is 0 Å². The molecule has 0 aliphatic carbocycles. The fourth-order valence-corrected chi connectivity index (χ4v) is 4.25. The van der Waals surface area contributed by atoms with E-state index in [-0.39, 0.29) is 11.3 Å². The number of non-ortho nitro benzene ring substituents is 1. The summed E-state index contributed by atoms with van der Waals surface area (Å²) in [5.41, 5.74) is 4.28. The number of carbonyl (C=O) groups is 1. The second-order valence-corrected chi connectivity index (χ2v) is 6.94. The van der Waals surface area contributed by atoms with Gasteiger partial charge in [-0.15, -0.1) is 0 Å². The van der Waals surface area contributed by atoms with E-state index >= 15 is 0 Å². The van der Waals surface area contributed by atoms with Gasteiger partial charge in [0, 0.05) is 31.9 Å². The van der Waals surface area contributed by atoms with Crippen LogP contribution < -0.4 is 10.7 Å². The first-order valence-corrected chi connectivity index (χ1v) is 8.82. The average Bonchev–Trinajstić information content (AvgIpc) is 2.54. The third kappa shape index (κ3) is 4.63. The van der Waals surface area contributed by atoms with Crippen LogP contribution in [0.2, 0.25) is 0 Å². The number of nitro benzene ring substituents is 1. The molecule has 0 aromatic heterocycles. The molecule has 24 heavy (non-hydrogen) atoms. The van der Waals surface area contributed by atoms with Gasteiger partial charge in [0.2, 0.25) is 0 Å². The summed E-state index contributed by atoms with van der Waals surface area (Å²) in [6.07, 6.45) is 1.53. The van der Waals surface area contributed by atoms with Gasteiger partial charge in [-0.2, -0.15) is 5.10 Å². The number of anilines is 1. The molecular weight excluding hydrogens is 538 g/mol. The maximum absolute atomic E-state index is 12.0. The van der Waals surface area contributed by atoms with Crippen molar-refractivity contribution in [1.82, 2.24) is 5.43 Å². The number of nitrogens with zero attached hydrogens (tertiary/aromatic N) is 2. The Morgan fingerprint density at radius 2 is 1.92 bits per heavy atom. The highest BCUT2D eigenvalue weighted by atomic mass is 127. The number of nitro groups is 1. The molecule has 0 saturated carbocycles. The van der Waals surface area contributed by atoms with Crippen LogP contribution >= 0.6 is 45.2 Å². The molecule has 0 radical (unpaired) electrons. The Kier molecular flexibility index (Phi) is 6.48. The minimum Gasteiger partial charge on any atom is -0.386 e. The maximum atomic E-state index is 12.0. The monoisotopic (exact) mass is 550 g/mol. The lowest BCUT2D eigenvalue weighted by atomic mass is 10.2. The standard InChI is InChI=1S/C15H12I2N4O3/c1-18-14-12(16)5-9(6-13(14)17)8-19-20-15(22)10-3-2-4-11(7-10)21(23)24/h2-8,18H,1H3,(H,20,22)/b19-8+. The van der Waals surface area contributed by atoms with E-state index in [2.05, 4.69) is 61.0 Å². The lowest BCUT2D eigenvalue weighted by molar-refractivity contribution is -0.384. The lowest BCUT2D eigenvalue weighted by Crippen LogP contribution is -2.17. The van der Waals surface area contributed by atoms with Gasteiger partial charge in [-0.25, -0.2) is 5.43 Å². The fraction of sp³-hybridized carbons (Fsp3) is 0.0667. The number of hydrogen-bond donors (Lipinski definition) is 2. The van der Waals surface area contributed by atoms with Crippen LogP contribution in [0.4, 0.5) is 11.4 Å². The first-order valence-electron chi connectivity index (χ1n) is 6.67. The highest BCUT2D eigenvalue weighted by Gasteiger charge is 2.10. The Bertz CT molecular complexity index is 801. The zero-order valence-electron chi connectivity index (χ0n) is 12.4. The molecule has 2 aromatic carbocycles. The molecule has 0 saturated heterocycles. The lowest BCUT2D eigenvalue weighted by Gasteiger charge is -2.07. The van der Waals surface area contributed by atoms with Gasteiger partial charge in [0.05, 0.1) is 16.8 Å². The summed E-state index contributed by atoms with van der Waals surface area (Å²) in [5, 5.41) is 17.8. The van der Waals surface area contributed by atoms with Gasteiger partial charge in [-0.1, -0.05) is 6.07 Å². The molecule has 0 bridgehead atoms. The Morgan fingerprint density at radius 3 is 2.50 bits per heavy atom. The normalized spacial score (nSPS) is 10.6. The zero-order valence-corrected chi connectivity index (χ0v) is 16.7. The summed E-state index contributed by atoms with van der Waals surface area (Å²) in [7, 11) is 1.85. The number of hydrogen-bond acceptors (Lipinski definition) is 5. The van der Waals surface area contributed by atoms with E-state index in [1.165, 1.54) is 30.5 Å². The molecule has 0 fully saturated rings. The van der Waals surface area contributed by atoms with Crippen LogP contribution in [0.25, 0.3) is 0 Å². The molecule has 2 N–H and O–H groups in total. The number of nitrogens with one attached hydrogen (secondary N) is 2. The molecule has 0 atom stereocenters. The van der Waals surface area contributed by atoms with Gasteiger partial charge in [0.25, 0.3) is 11.6 Å². The van der Waals surface area contributed by atoms with E-state index in [0.717, 1.165) is 18.4 Å². The SMILES string of the molecule is CNc1c(I)cc(/C=N/NC(=O)c2cccc([N+](=O)[O-])c2)cc1I. The minimum atomic E-state index is -0.548. The average molecular weight is 550 g/mol. The molecule has 0 aliphatic heterocycles.